The van der Waals surface area contributed by atoms with Gasteiger partial charge in [-0.25, -0.2) is 4.98 Å². The summed E-state index contributed by atoms with van der Waals surface area (Å²) in [5, 5.41) is 0. The Hall–Kier alpha value is -2.49. The Labute approximate surface area is 111 Å². The van der Waals surface area contributed by atoms with Gasteiger partial charge in [0, 0.05) is 18.9 Å². The van der Waals surface area contributed by atoms with E-state index in [0.717, 1.165) is 23.6 Å². The standard InChI is InChI=1S/C15H14N2O2/c1-18-14-5-4-12(10-17-7-6-16-11-17)9-13(14)15-3-2-8-19-15/h2-9,11H,10H2,1H3. The van der Waals surface area contributed by atoms with Crippen molar-refractivity contribution >= 4 is 0 Å². The first kappa shape index (κ1) is 11.6. The van der Waals surface area contributed by atoms with Gasteiger partial charge in [-0.1, -0.05) is 6.07 Å². The van der Waals surface area contributed by atoms with E-state index in [0.29, 0.717) is 0 Å². The molecule has 0 spiro atoms. The number of imidazole rings is 1. The highest BCUT2D eigenvalue weighted by Crippen LogP contribution is 2.31. The minimum atomic E-state index is 0.775. The lowest BCUT2D eigenvalue weighted by molar-refractivity contribution is 0.414. The molecule has 3 rings (SSSR count). The van der Waals surface area contributed by atoms with Crippen molar-refractivity contribution in [1.29, 1.82) is 0 Å². The monoisotopic (exact) mass is 254 g/mol. The Kier molecular flexibility index (Phi) is 3.06. The van der Waals surface area contributed by atoms with Gasteiger partial charge in [-0.15, -0.1) is 0 Å². The normalized spacial score (nSPS) is 10.6. The summed E-state index contributed by atoms with van der Waals surface area (Å²) in [6.45, 7) is 0.775. The lowest BCUT2D eigenvalue weighted by Gasteiger charge is -2.09. The average molecular weight is 254 g/mol. The maximum atomic E-state index is 5.45. The summed E-state index contributed by atoms with van der Waals surface area (Å²) in [6.07, 6.45) is 7.18. The number of aromatic nitrogens is 2. The summed E-state index contributed by atoms with van der Waals surface area (Å²) in [7, 11) is 1.66. The highest BCUT2D eigenvalue weighted by atomic mass is 16.5. The van der Waals surface area contributed by atoms with Crippen LogP contribution in [-0.4, -0.2) is 16.7 Å². The van der Waals surface area contributed by atoms with Crippen LogP contribution in [0.25, 0.3) is 11.3 Å². The summed E-state index contributed by atoms with van der Waals surface area (Å²) in [4.78, 5) is 4.04. The van der Waals surface area contributed by atoms with E-state index < -0.39 is 0 Å². The predicted octanol–water partition coefficient (Wildman–Crippen LogP) is 3.20. The van der Waals surface area contributed by atoms with Gasteiger partial charge < -0.3 is 13.7 Å². The molecule has 0 fully saturated rings. The summed E-state index contributed by atoms with van der Waals surface area (Å²) in [5.41, 5.74) is 2.13. The van der Waals surface area contributed by atoms with Gasteiger partial charge in [0.25, 0.3) is 0 Å². The van der Waals surface area contributed by atoms with Crippen LogP contribution < -0.4 is 4.74 Å². The van der Waals surface area contributed by atoms with Gasteiger partial charge in [0.15, 0.2) is 0 Å². The van der Waals surface area contributed by atoms with E-state index in [-0.39, 0.29) is 0 Å². The zero-order valence-electron chi connectivity index (χ0n) is 10.6. The third kappa shape index (κ3) is 2.38. The van der Waals surface area contributed by atoms with E-state index in [1.54, 1.807) is 25.9 Å². The topological polar surface area (TPSA) is 40.2 Å². The molecule has 0 radical (unpaired) electrons. The Morgan fingerprint density at radius 2 is 2.26 bits per heavy atom. The third-order valence-corrected chi connectivity index (χ3v) is 2.97. The molecule has 0 saturated heterocycles. The first-order valence-corrected chi connectivity index (χ1v) is 6.03. The Balaban J connectivity index is 1.97. The molecule has 2 heterocycles. The molecule has 0 N–H and O–H groups in total. The quantitative estimate of drug-likeness (QED) is 0.717. The fraction of sp³-hybridized carbons (Fsp3) is 0.133. The summed E-state index contributed by atoms with van der Waals surface area (Å²) < 4.78 is 12.9. The maximum Gasteiger partial charge on any atom is 0.137 e. The Morgan fingerprint density at radius 1 is 1.32 bits per heavy atom. The van der Waals surface area contributed by atoms with Crippen LogP contribution in [0.4, 0.5) is 0 Å². The fourth-order valence-electron chi connectivity index (χ4n) is 2.07. The van der Waals surface area contributed by atoms with E-state index in [1.165, 1.54) is 5.56 Å². The second kappa shape index (κ2) is 5.02. The first-order chi connectivity index (χ1) is 9.36. The highest BCUT2D eigenvalue weighted by Gasteiger charge is 2.09. The molecule has 0 atom stereocenters. The van der Waals surface area contributed by atoms with Crippen molar-refractivity contribution in [2.45, 2.75) is 6.54 Å². The fourth-order valence-corrected chi connectivity index (χ4v) is 2.07. The van der Waals surface area contributed by atoms with E-state index in [4.69, 9.17) is 9.15 Å². The molecule has 0 aliphatic rings. The molecule has 0 saturated carbocycles. The van der Waals surface area contributed by atoms with Gasteiger partial charge in [-0.05, 0) is 29.8 Å². The van der Waals surface area contributed by atoms with Gasteiger partial charge in [-0.2, -0.15) is 0 Å². The van der Waals surface area contributed by atoms with Crippen molar-refractivity contribution in [3.8, 4) is 17.1 Å². The Morgan fingerprint density at radius 3 is 2.95 bits per heavy atom. The molecule has 4 nitrogen and oxygen atoms in total. The molecular formula is C15H14N2O2. The molecule has 3 aromatic rings. The van der Waals surface area contributed by atoms with Crippen LogP contribution in [0.3, 0.4) is 0 Å². The number of benzene rings is 1. The molecule has 0 amide bonds. The number of furan rings is 1. The lowest BCUT2D eigenvalue weighted by Crippen LogP contribution is -1.97. The highest BCUT2D eigenvalue weighted by molar-refractivity contribution is 5.66. The van der Waals surface area contributed by atoms with Crippen LogP contribution in [0.15, 0.2) is 59.7 Å². The smallest absolute Gasteiger partial charge is 0.137 e. The number of ether oxygens (including phenoxy) is 1. The summed E-state index contributed by atoms with van der Waals surface area (Å²) >= 11 is 0. The maximum absolute atomic E-state index is 5.45. The minimum absolute atomic E-state index is 0.775. The van der Waals surface area contributed by atoms with E-state index in [2.05, 4.69) is 11.1 Å². The van der Waals surface area contributed by atoms with Gasteiger partial charge >= 0.3 is 0 Å². The summed E-state index contributed by atoms with van der Waals surface area (Å²) in [6, 6.07) is 9.89. The molecule has 19 heavy (non-hydrogen) atoms. The summed E-state index contributed by atoms with van der Waals surface area (Å²) in [5.74, 6) is 1.62. The number of nitrogens with zero attached hydrogens (tertiary/aromatic N) is 2. The number of hydrogen-bond acceptors (Lipinski definition) is 3. The molecular weight excluding hydrogens is 240 g/mol. The lowest BCUT2D eigenvalue weighted by atomic mass is 10.1. The van der Waals surface area contributed by atoms with Crippen molar-refractivity contribution in [1.82, 2.24) is 9.55 Å². The molecule has 2 aromatic heterocycles. The van der Waals surface area contributed by atoms with Crippen LogP contribution >= 0.6 is 0 Å². The zero-order valence-corrected chi connectivity index (χ0v) is 10.6. The van der Waals surface area contributed by atoms with E-state index in [9.17, 15) is 0 Å². The molecule has 4 heteroatoms. The number of methoxy groups -OCH3 is 1. The van der Waals surface area contributed by atoms with Crippen LogP contribution in [-0.2, 0) is 6.54 Å². The van der Waals surface area contributed by atoms with Crippen LogP contribution in [0.5, 0.6) is 5.75 Å². The molecule has 0 bridgehead atoms. The first-order valence-electron chi connectivity index (χ1n) is 6.03. The van der Waals surface area contributed by atoms with Crippen molar-refractivity contribution in [2.75, 3.05) is 7.11 Å². The van der Waals surface area contributed by atoms with Gasteiger partial charge in [0.2, 0.25) is 0 Å². The van der Waals surface area contributed by atoms with Crippen molar-refractivity contribution in [3.05, 3.63) is 60.9 Å². The zero-order chi connectivity index (χ0) is 13.1. The van der Waals surface area contributed by atoms with Crippen LogP contribution in [0.1, 0.15) is 5.56 Å². The van der Waals surface area contributed by atoms with Gasteiger partial charge in [0.1, 0.15) is 11.5 Å². The SMILES string of the molecule is COc1ccc(Cn2ccnc2)cc1-c1ccco1. The minimum Gasteiger partial charge on any atom is -0.496 e. The van der Waals surface area contributed by atoms with Crippen molar-refractivity contribution in [2.24, 2.45) is 0 Å². The van der Waals surface area contributed by atoms with Crippen molar-refractivity contribution in [3.63, 3.8) is 0 Å². The average Bonchev–Trinajstić information content (AvgIpc) is 3.11. The molecule has 1 aromatic carbocycles. The Bertz CT molecular complexity index is 643. The number of hydrogen-bond donors (Lipinski definition) is 0. The second-order valence-electron chi connectivity index (χ2n) is 4.25. The number of rotatable bonds is 4. The second-order valence-corrected chi connectivity index (χ2v) is 4.25. The molecule has 96 valence electrons. The van der Waals surface area contributed by atoms with E-state index in [1.807, 2.05) is 35.0 Å². The van der Waals surface area contributed by atoms with Crippen LogP contribution in [0.2, 0.25) is 0 Å². The van der Waals surface area contributed by atoms with Crippen LogP contribution in [0, 0.1) is 0 Å². The van der Waals surface area contributed by atoms with Gasteiger partial charge in [0.05, 0.1) is 25.3 Å². The largest absolute Gasteiger partial charge is 0.496 e. The molecule has 0 aliphatic carbocycles. The predicted molar refractivity (Wildman–Crippen MR) is 72.0 cm³/mol. The van der Waals surface area contributed by atoms with E-state index >= 15 is 0 Å². The molecule has 0 unspecified atom stereocenters. The van der Waals surface area contributed by atoms with Gasteiger partial charge in [-0.3, -0.25) is 0 Å². The van der Waals surface area contributed by atoms with Crippen molar-refractivity contribution < 1.29 is 9.15 Å². The molecule has 0 aliphatic heterocycles. The third-order valence-electron chi connectivity index (χ3n) is 2.97.